The summed E-state index contributed by atoms with van der Waals surface area (Å²) >= 11 is 0. The molecule has 1 aromatic rings. The lowest BCUT2D eigenvalue weighted by molar-refractivity contribution is -0.134. The van der Waals surface area contributed by atoms with Crippen molar-refractivity contribution in [1.29, 1.82) is 0 Å². The number of hydrogen-bond donors (Lipinski definition) is 1. The third-order valence-corrected chi connectivity index (χ3v) is 8.81. The molecular formula is C23H34N4O4S. The van der Waals surface area contributed by atoms with Gasteiger partial charge in [0.15, 0.2) is 0 Å². The fourth-order valence-electron chi connectivity index (χ4n) is 4.64. The Balaban J connectivity index is 1.27. The normalized spacial score (nSPS) is 21.0. The standard InChI is InChI=1S/C23H34N4O4S/c1-25(20-5-3-2-4-6-20)32(30,31)21-11-9-19(10-12-21)24-22(28)17-26-13-15-27(16-14-26)23(29)18-7-8-18/h9-12,18,20H,2-8,13-17H2,1H3,(H,24,28). The first-order valence-corrected chi connectivity index (χ1v) is 13.2. The van der Waals surface area contributed by atoms with Crippen molar-refractivity contribution in [2.75, 3.05) is 45.1 Å². The number of anilines is 1. The van der Waals surface area contributed by atoms with Crippen molar-refractivity contribution in [2.45, 2.75) is 55.9 Å². The zero-order valence-electron chi connectivity index (χ0n) is 18.8. The highest BCUT2D eigenvalue weighted by molar-refractivity contribution is 7.89. The first-order valence-electron chi connectivity index (χ1n) is 11.7. The smallest absolute Gasteiger partial charge is 0.243 e. The van der Waals surface area contributed by atoms with E-state index >= 15 is 0 Å². The molecule has 8 nitrogen and oxygen atoms in total. The number of sulfonamides is 1. The Morgan fingerprint density at radius 2 is 1.59 bits per heavy atom. The minimum absolute atomic E-state index is 0.0631. The van der Waals surface area contributed by atoms with E-state index in [1.165, 1.54) is 10.7 Å². The molecule has 0 spiro atoms. The molecule has 1 aliphatic heterocycles. The van der Waals surface area contributed by atoms with Crippen molar-refractivity contribution in [1.82, 2.24) is 14.1 Å². The lowest BCUT2D eigenvalue weighted by atomic mass is 9.96. The molecule has 1 saturated heterocycles. The van der Waals surface area contributed by atoms with Crippen LogP contribution >= 0.6 is 0 Å². The number of benzene rings is 1. The van der Waals surface area contributed by atoms with Gasteiger partial charge in [-0.05, 0) is 49.9 Å². The second-order valence-electron chi connectivity index (χ2n) is 9.26. The Bertz CT molecular complexity index is 916. The second-order valence-corrected chi connectivity index (χ2v) is 11.3. The maximum Gasteiger partial charge on any atom is 0.243 e. The average Bonchev–Trinajstić information content (AvgIpc) is 3.65. The highest BCUT2D eigenvalue weighted by Gasteiger charge is 2.34. The summed E-state index contributed by atoms with van der Waals surface area (Å²) in [6, 6.07) is 6.48. The topological polar surface area (TPSA) is 90.0 Å². The molecule has 0 aromatic heterocycles. The van der Waals surface area contributed by atoms with Crippen LogP contribution in [0, 0.1) is 5.92 Å². The van der Waals surface area contributed by atoms with Crippen molar-refractivity contribution in [3.8, 4) is 0 Å². The van der Waals surface area contributed by atoms with Crippen molar-refractivity contribution in [3.05, 3.63) is 24.3 Å². The molecule has 3 aliphatic rings. The fourth-order valence-corrected chi connectivity index (χ4v) is 6.05. The number of hydrogen-bond acceptors (Lipinski definition) is 5. The molecule has 9 heteroatoms. The predicted molar refractivity (Wildman–Crippen MR) is 123 cm³/mol. The van der Waals surface area contributed by atoms with Gasteiger partial charge in [-0.15, -0.1) is 0 Å². The number of carbonyl (C=O) groups excluding carboxylic acids is 2. The van der Waals surface area contributed by atoms with E-state index < -0.39 is 10.0 Å². The SMILES string of the molecule is CN(C1CCCCC1)S(=O)(=O)c1ccc(NC(=O)CN2CCN(C(=O)C3CC3)CC2)cc1. The molecule has 0 bridgehead atoms. The Morgan fingerprint density at radius 1 is 0.969 bits per heavy atom. The van der Waals surface area contributed by atoms with Crippen LogP contribution in [0.5, 0.6) is 0 Å². The number of rotatable bonds is 7. The van der Waals surface area contributed by atoms with Gasteiger partial charge < -0.3 is 10.2 Å². The van der Waals surface area contributed by atoms with Crippen molar-refractivity contribution >= 4 is 27.5 Å². The average molecular weight is 463 g/mol. The van der Waals surface area contributed by atoms with Crippen LogP contribution in [0.1, 0.15) is 44.9 Å². The summed E-state index contributed by atoms with van der Waals surface area (Å²) in [5, 5.41) is 2.85. The van der Waals surface area contributed by atoms with Crippen LogP contribution < -0.4 is 5.32 Å². The van der Waals surface area contributed by atoms with E-state index in [2.05, 4.69) is 5.32 Å². The number of nitrogens with one attached hydrogen (secondary N) is 1. The van der Waals surface area contributed by atoms with Crippen LogP contribution in [0.3, 0.4) is 0 Å². The highest BCUT2D eigenvalue weighted by Crippen LogP contribution is 2.31. The van der Waals surface area contributed by atoms with Crippen LogP contribution in [-0.2, 0) is 19.6 Å². The monoisotopic (exact) mass is 462 g/mol. The summed E-state index contributed by atoms with van der Waals surface area (Å²) in [5.41, 5.74) is 0.580. The van der Waals surface area contributed by atoms with Crippen LogP contribution in [0.25, 0.3) is 0 Å². The summed E-state index contributed by atoms with van der Waals surface area (Å²) in [5.74, 6) is 0.360. The molecule has 4 rings (SSSR count). The van der Waals surface area contributed by atoms with Crippen molar-refractivity contribution < 1.29 is 18.0 Å². The molecule has 32 heavy (non-hydrogen) atoms. The Kier molecular flexibility index (Phi) is 7.17. The molecule has 1 heterocycles. The third-order valence-electron chi connectivity index (χ3n) is 6.88. The molecule has 1 aromatic carbocycles. The minimum Gasteiger partial charge on any atom is -0.340 e. The first-order chi connectivity index (χ1) is 15.3. The maximum absolute atomic E-state index is 13.0. The molecule has 176 valence electrons. The Hall–Kier alpha value is -1.97. The van der Waals surface area contributed by atoms with E-state index in [1.807, 2.05) is 9.80 Å². The summed E-state index contributed by atoms with van der Waals surface area (Å²) < 4.78 is 27.4. The molecule has 2 aliphatic carbocycles. The lowest BCUT2D eigenvalue weighted by Gasteiger charge is -2.34. The van der Waals surface area contributed by atoms with E-state index in [0.717, 1.165) is 38.5 Å². The summed E-state index contributed by atoms with van der Waals surface area (Å²) in [6.45, 7) is 2.98. The Labute approximate surface area is 191 Å². The number of amides is 2. The number of nitrogens with zero attached hydrogens (tertiary/aromatic N) is 3. The molecular weight excluding hydrogens is 428 g/mol. The van der Waals surface area contributed by atoms with Crippen molar-refractivity contribution in [2.24, 2.45) is 5.92 Å². The number of carbonyl (C=O) groups is 2. The Morgan fingerprint density at radius 3 is 2.19 bits per heavy atom. The summed E-state index contributed by atoms with van der Waals surface area (Å²) in [6.07, 6.45) is 7.16. The maximum atomic E-state index is 13.0. The summed E-state index contributed by atoms with van der Waals surface area (Å²) in [4.78, 5) is 28.8. The molecule has 1 N–H and O–H groups in total. The third kappa shape index (κ3) is 5.50. The van der Waals surface area contributed by atoms with E-state index in [1.54, 1.807) is 31.3 Å². The van der Waals surface area contributed by atoms with Gasteiger partial charge in [-0.25, -0.2) is 8.42 Å². The first kappa shape index (κ1) is 23.2. The van der Waals surface area contributed by atoms with Crippen LogP contribution in [-0.4, -0.2) is 80.2 Å². The van der Waals surface area contributed by atoms with Crippen LogP contribution in [0.2, 0.25) is 0 Å². The van der Waals surface area contributed by atoms with Crippen LogP contribution in [0.15, 0.2) is 29.2 Å². The molecule has 3 fully saturated rings. The second kappa shape index (κ2) is 9.89. The van der Waals surface area contributed by atoms with E-state index in [4.69, 9.17) is 0 Å². The largest absolute Gasteiger partial charge is 0.340 e. The van der Waals surface area contributed by atoms with Gasteiger partial charge in [-0.1, -0.05) is 19.3 Å². The van der Waals surface area contributed by atoms with E-state index in [9.17, 15) is 18.0 Å². The molecule has 2 amide bonds. The minimum atomic E-state index is -3.54. The molecule has 0 atom stereocenters. The lowest BCUT2D eigenvalue weighted by Crippen LogP contribution is -2.50. The summed E-state index contributed by atoms with van der Waals surface area (Å²) in [7, 11) is -1.87. The van der Waals surface area contributed by atoms with Gasteiger partial charge in [0.1, 0.15) is 0 Å². The van der Waals surface area contributed by atoms with Crippen molar-refractivity contribution in [3.63, 3.8) is 0 Å². The quantitative estimate of drug-likeness (QED) is 0.671. The van der Waals surface area contributed by atoms with Crippen LogP contribution in [0.4, 0.5) is 5.69 Å². The molecule has 2 saturated carbocycles. The number of piperazine rings is 1. The van der Waals surface area contributed by atoms with Gasteiger partial charge >= 0.3 is 0 Å². The molecule has 0 radical (unpaired) electrons. The van der Waals surface area contributed by atoms with Gasteiger partial charge in [-0.2, -0.15) is 4.31 Å². The fraction of sp³-hybridized carbons (Fsp3) is 0.652. The van der Waals surface area contributed by atoms with E-state index in [0.29, 0.717) is 31.9 Å². The highest BCUT2D eigenvalue weighted by atomic mass is 32.2. The van der Waals surface area contributed by atoms with Gasteiger partial charge in [0.25, 0.3) is 0 Å². The van der Waals surface area contributed by atoms with Gasteiger partial charge in [0, 0.05) is 50.9 Å². The predicted octanol–water partition coefficient (Wildman–Crippen LogP) is 2.13. The van der Waals surface area contributed by atoms with Gasteiger partial charge in [-0.3, -0.25) is 14.5 Å². The van der Waals surface area contributed by atoms with Gasteiger partial charge in [0.05, 0.1) is 11.4 Å². The van der Waals surface area contributed by atoms with E-state index in [-0.39, 0.29) is 35.2 Å². The zero-order chi connectivity index (χ0) is 22.7. The molecule has 0 unspecified atom stereocenters. The van der Waals surface area contributed by atoms with Gasteiger partial charge in [0.2, 0.25) is 21.8 Å². The zero-order valence-corrected chi connectivity index (χ0v) is 19.6.